The number of hydrogen-bond acceptors (Lipinski definition) is 4. The van der Waals surface area contributed by atoms with E-state index < -0.39 is 0 Å². The van der Waals surface area contributed by atoms with Gasteiger partial charge in [0.05, 0.1) is 6.61 Å². The van der Waals surface area contributed by atoms with Crippen molar-refractivity contribution in [3.63, 3.8) is 0 Å². The molecule has 0 spiro atoms. The Morgan fingerprint density at radius 1 is 1.28 bits per heavy atom. The lowest BCUT2D eigenvalue weighted by Gasteiger charge is -2.23. The zero-order chi connectivity index (χ0) is 12.6. The van der Waals surface area contributed by atoms with Crippen molar-refractivity contribution in [2.45, 2.75) is 18.9 Å². The van der Waals surface area contributed by atoms with E-state index in [0.29, 0.717) is 19.3 Å². The highest BCUT2D eigenvalue weighted by Crippen LogP contribution is 2.23. The highest BCUT2D eigenvalue weighted by Gasteiger charge is 2.13. The van der Waals surface area contributed by atoms with E-state index in [9.17, 15) is 0 Å². The van der Waals surface area contributed by atoms with Crippen LogP contribution in [-0.2, 0) is 4.74 Å². The van der Waals surface area contributed by atoms with E-state index in [4.69, 9.17) is 9.47 Å². The molecule has 0 radical (unpaired) electrons. The highest BCUT2D eigenvalue weighted by atomic mass is 32.2. The van der Waals surface area contributed by atoms with Crippen LogP contribution in [0.5, 0.6) is 5.75 Å². The Hall–Kier alpha value is -0.870. The van der Waals surface area contributed by atoms with Crippen molar-refractivity contribution >= 4 is 17.4 Å². The predicted molar refractivity (Wildman–Crippen MR) is 77.8 cm³/mol. The summed E-state index contributed by atoms with van der Waals surface area (Å²) in [6.45, 7) is 1.22. The zero-order valence-corrected chi connectivity index (χ0v) is 11.7. The van der Waals surface area contributed by atoms with E-state index in [0.717, 1.165) is 11.4 Å². The van der Waals surface area contributed by atoms with Crippen LogP contribution in [0.15, 0.2) is 24.3 Å². The Kier molecular flexibility index (Phi) is 5.68. The van der Waals surface area contributed by atoms with Gasteiger partial charge in [-0.05, 0) is 36.5 Å². The minimum Gasteiger partial charge on any atom is -0.491 e. The van der Waals surface area contributed by atoms with Gasteiger partial charge in [-0.25, -0.2) is 0 Å². The molecule has 0 amide bonds. The van der Waals surface area contributed by atoms with E-state index in [2.05, 4.69) is 17.4 Å². The highest BCUT2D eigenvalue weighted by molar-refractivity contribution is 7.99. The van der Waals surface area contributed by atoms with Crippen LogP contribution in [0.3, 0.4) is 0 Å². The molecule has 0 aromatic heterocycles. The quantitative estimate of drug-likeness (QED) is 0.803. The first kappa shape index (κ1) is 13.6. The molecule has 1 aromatic carbocycles. The number of rotatable bonds is 6. The maximum atomic E-state index is 5.61. The molecule has 0 bridgehead atoms. The molecule has 1 fully saturated rings. The largest absolute Gasteiger partial charge is 0.491 e. The number of benzene rings is 1. The van der Waals surface area contributed by atoms with Gasteiger partial charge in [0.15, 0.2) is 0 Å². The number of ether oxygens (including phenoxy) is 2. The second-order valence-electron chi connectivity index (χ2n) is 4.40. The van der Waals surface area contributed by atoms with Crippen molar-refractivity contribution in [3.05, 3.63) is 24.3 Å². The Morgan fingerprint density at radius 3 is 2.89 bits per heavy atom. The van der Waals surface area contributed by atoms with Gasteiger partial charge in [0.25, 0.3) is 0 Å². The molecule has 18 heavy (non-hydrogen) atoms. The standard InChI is InChI=1S/C14H21NO2S/c1-16-7-8-17-14-4-2-3-13(11-14)15-12-5-9-18-10-6-12/h2-4,11-12,15H,5-10H2,1H3. The van der Waals surface area contributed by atoms with Crippen molar-refractivity contribution in [2.24, 2.45) is 0 Å². The minimum absolute atomic E-state index is 0.597. The molecule has 100 valence electrons. The number of methoxy groups -OCH3 is 1. The van der Waals surface area contributed by atoms with Gasteiger partial charge in [-0.2, -0.15) is 11.8 Å². The van der Waals surface area contributed by atoms with Crippen LogP contribution in [0.2, 0.25) is 0 Å². The average molecular weight is 267 g/mol. The fraction of sp³-hybridized carbons (Fsp3) is 0.571. The van der Waals surface area contributed by atoms with E-state index >= 15 is 0 Å². The molecular weight excluding hydrogens is 246 g/mol. The molecule has 0 saturated carbocycles. The second kappa shape index (κ2) is 7.54. The maximum absolute atomic E-state index is 5.61. The Labute approximate surface area is 113 Å². The van der Waals surface area contributed by atoms with Crippen LogP contribution in [0.4, 0.5) is 5.69 Å². The topological polar surface area (TPSA) is 30.5 Å². The summed E-state index contributed by atoms with van der Waals surface area (Å²) >= 11 is 2.05. The molecule has 3 nitrogen and oxygen atoms in total. The fourth-order valence-corrected chi connectivity index (χ4v) is 3.10. The van der Waals surface area contributed by atoms with Crippen molar-refractivity contribution < 1.29 is 9.47 Å². The molecule has 1 aliphatic rings. The average Bonchev–Trinajstić information content (AvgIpc) is 2.41. The van der Waals surface area contributed by atoms with E-state index in [1.165, 1.54) is 24.3 Å². The number of nitrogens with one attached hydrogen (secondary N) is 1. The summed E-state index contributed by atoms with van der Waals surface area (Å²) in [5.74, 6) is 3.44. The molecule has 1 N–H and O–H groups in total. The Balaban J connectivity index is 1.85. The van der Waals surface area contributed by atoms with E-state index in [-0.39, 0.29) is 0 Å². The molecule has 1 saturated heterocycles. The van der Waals surface area contributed by atoms with Crippen molar-refractivity contribution in [1.29, 1.82) is 0 Å². The molecule has 1 aromatic rings. The van der Waals surface area contributed by atoms with Gasteiger partial charge in [0.1, 0.15) is 12.4 Å². The summed E-state index contributed by atoms with van der Waals surface area (Å²) < 4.78 is 10.6. The van der Waals surface area contributed by atoms with Crippen LogP contribution >= 0.6 is 11.8 Å². The van der Waals surface area contributed by atoms with Crippen LogP contribution in [0.25, 0.3) is 0 Å². The minimum atomic E-state index is 0.597. The van der Waals surface area contributed by atoms with Gasteiger partial charge in [-0.1, -0.05) is 6.07 Å². The van der Waals surface area contributed by atoms with Crippen LogP contribution in [0, 0.1) is 0 Å². The lowest BCUT2D eigenvalue weighted by molar-refractivity contribution is 0.146. The normalized spacial score (nSPS) is 16.5. The van der Waals surface area contributed by atoms with Gasteiger partial charge in [0, 0.05) is 24.9 Å². The summed E-state index contributed by atoms with van der Waals surface area (Å²) in [6.07, 6.45) is 2.50. The number of anilines is 1. The van der Waals surface area contributed by atoms with Crippen LogP contribution < -0.4 is 10.1 Å². The lowest BCUT2D eigenvalue weighted by Crippen LogP contribution is -2.24. The first-order valence-corrected chi connectivity index (χ1v) is 7.60. The Bertz CT molecular complexity index is 353. The molecular formula is C14H21NO2S. The maximum Gasteiger partial charge on any atom is 0.121 e. The van der Waals surface area contributed by atoms with E-state index in [1.807, 2.05) is 23.9 Å². The van der Waals surface area contributed by atoms with Crippen molar-refractivity contribution in [3.8, 4) is 5.75 Å². The van der Waals surface area contributed by atoms with Crippen LogP contribution in [-0.4, -0.2) is 37.9 Å². The monoisotopic (exact) mass is 267 g/mol. The van der Waals surface area contributed by atoms with Crippen molar-refractivity contribution in [2.75, 3.05) is 37.1 Å². The first-order chi connectivity index (χ1) is 8.88. The first-order valence-electron chi connectivity index (χ1n) is 6.44. The van der Waals surface area contributed by atoms with Gasteiger partial charge in [-0.3, -0.25) is 0 Å². The van der Waals surface area contributed by atoms with E-state index in [1.54, 1.807) is 7.11 Å². The number of thioether (sulfide) groups is 1. The zero-order valence-electron chi connectivity index (χ0n) is 10.9. The number of hydrogen-bond donors (Lipinski definition) is 1. The summed E-state index contributed by atoms with van der Waals surface area (Å²) in [5.41, 5.74) is 1.15. The third-order valence-corrected chi connectivity index (χ3v) is 4.03. The SMILES string of the molecule is COCCOc1cccc(NC2CCSCC2)c1. The lowest BCUT2D eigenvalue weighted by atomic mass is 10.1. The summed E-state index contributed by atoms with van der Waals surface area (Å²) in [7, 11) is 1.68. The predicted octanol–water partition coefficient (Wildman–Crippen LogP) is 3.02. The molecule has 0 aliphatic carbocycles. The van der Waals surface area contributed by atoms with Gasteiger partial charge in [-0.15, -0.1) is 0 Å². The smallest absolute Gasteiger partial charge is 0.121 e. The summed E-state index contributed by atoms with van der Waals surface area (Å²) in [5, 5.41) is 3.59. The molecule has 1 heterocycles. The summed E-state index contributed by atoms with van der Waals surface area (Å²) in [6, 6.07) is 8.79. The third-order valence-electron chi connectivity index (χ3n) is 2.98. The molecule has 4 heteroatoms. The van der Waals surface area contributed by atoms with Gasteiger partial charge in [0.2, 0.25) is 0 Å². The molecule has 2 rings (SSSR count). The second-order valence-corrected chi connectivity index (χ2v) is 5.62. The van der Waals surface area contributed by atoms with Gasteiger partial charge < -0.3 is 14.8 Å². The molecule has 1 aliphatic heterocycles. The fourth-order valence-electron chi connectivity index (χ4n) is 2.00. The Morgan fingerprint density at radius 2 is 2.11 bits per heavy atom. The third kappa shape index (κ3) is 4.42. The summed E-state index contributed by atoms with van der Waals surface area (Å²) in [4.78, 5) is 0. The van der Waals surface area contributed by atoms with Gasteiger partial charge >= 0.3 is 0 Å². The molecule has 0 atom stereocenters. The van der Waals surface area contributed by atoms with Crippen LogP contribution in [0.1, 0.15) is 12.8 Å². The molecule has 0 unspecified atom stereocenters. The van der Waals surface area contributed by atoms with Crippen molar-refractivity contribution in [1.82, 2.24) is 0 Å².